The fourth-order valence-corrected chi connectivity index (χ4v) is 2.18. The minimum atomic E-state index is 0.0787. The van der Waals surface area contributed by atoms with E-state index >= 15 is 0 Å². The molecule has 15 heavy (non-hydrogen) atoms. The van der Waals surface area contributed by atoms with E-state index in [0.717, 1.165) is 32.4 Å². The fourth-order valence-electron chi connectivity index (χ4n) is 2.18. The molecule has 0 aromatic rings. The van der Waals surface area contributed by atoms with Crippen LogP contribution in [0.2, 0.25) is 0 Å². The van der Waals surface area contributed by atoms with Gasteiger partial charge in [0.15, 0.2) is 5.78 Å². The number of hydrogen-bond acceptors (Lipinski definition) is 3. The molecule has 2 saturated heterocycles. The summed E-state index contributed by atoms with van der Waals surface area (Å²) in [5.74, 6) is 0.261. The van der Waals surface area contributed by atoms with E-state index in [1.54, 1.807) is 4.90 Å². The van der Waals surface area contributed by atoms with E-state index in [2.05, 4.69) is 0 Å². The van der Waals surface area contributed by atoms with Crippen LogP contribution in [0.15, 0.2) is 0 Å². The van der Waals surface area contributed by atoms with Crippen molar-refractivity contribution in [2.45, 2.75) is 38.2 Å². The van der Waals surface area contributed by atoms with Gasteiger partial charge in [0, 0.05) is 19.6 Å². The minimum Gasteiger partial charge on any atom is -0.378 e. The monoisotopic (exact) mass is 211 g/mol. The van der Waals surface area contributed by atoms with Crippen LogP contribution in [0.25, 0.3) is 0 Å². The average Bonchev–Trinajstić information content (AvgIpc) is 2.70. The summed E-state index contributed by atoms with van der Waals surface area (Å²) in [5.41, 5.74) is 0. The lowest BCUT2D eigenvalue weighted by Crippen LogP contribution is -2.41. The van der Waals surface area contributed by atoms with E-state index < -0.39 is 0 Å². The summed E-state index contributed by atoms with van der Waals surface area (Å²) in [6.07, 6.45) is 4.02. The third-order valence-corrected chi connectivity index (χ3v) is 3.03. The zero-order chi connectivity index (χ0) is 10.7. The molecule has 2 aliphatic rings. The Morgan fingerprint density at radius 1 is 1.47 bits per heavy atom. The SMILES string of the molecule is O=C1CCCN(C(=O)CC2CCCO2)C1. The molecule has 0 N–H and O–H groups in total. The van der Waals surface area contributed by atoms with E-state index in [1.165, 1.54) is 0 Å². The van der Waals surface area contributed by atoms with Gasteiger partial charge < -0.3 is 9.64 Å². The maximum atomic E-state index is 11.8. The Balaban J connectivity index is 1.81. The Hall–Kier alpha value is -0.900. The molecule has 2 rings (SSSR count). The number of ether oxygens (including phenoxy) is 1. The summed E-state index contributed by atoms with van der Waals surface area (Å²) in [7, 11) is 0. The Kier molecular flexibility index (Phi) is 3.36. The third kappa shape index (κ3) is 2.78. The van der Waals surface area contributed by atoms with E-state index in [0.29, 0.717) is 19.4 Å². The van der Waals surface area contributed by atoms with Gasteiger partial charge in [-0.1, -0.05) is 0 Å². The standard InChI is InChI=1S/C11H17NO3/c13-9-3-1-5-12(8-9)11(14)7-10-4-2-6-15-10/h10H,1-8H2. The number of carbonyl (C=O) groups excluding carboxylic acids is 2. The summed E-state index contributed by atoms with van der Waals surface area (Å²) in [6.45, 7) is 1.82. The van der Waals surface area contributed by atoms with Gasteiger partial charge in [-0.3, -0.25) is 9.59 Å². The third-order valence-electron chi connectivity index (χ3n) is 3.03. The number of rotatable bonds is 2. The second-order valence-corrected chi connectivity index (χ2v) is 4.30. The van der Waals surface area contributed by atoms with Crippen molar-refractivity contribution >= 4 is 11.7 Å². The lowest BCUT2D eigenvalue weighted by atomic mass is 10.1. The van der Waals surface area contributed by atoms with Crippen molar-refractivity contribution in [3.63, 3.8) is 0 Å². The lowest BCUT2D eigenvalue weighted by Gasteiger charge is -2.26. The number of likely N-dealkylation sites (tertiary alicyclic amines) is 1. The van der Waals surface area contributed by atoms with Gasteiger partial charge in [0.25, 0.3) is 0 Å². The Morgan fingerprint density at radius 3 is 3.00 bits per heavy atom. The molecule has 0 radical (unpaired) electrons. The van der Waals surface area contributed by atoms with Crippen molar-refractivity contribution in [1.82, 2.24) is 4.90 Å². The van der Waals surface area contributed by atoms with Gasteiger partial charge in [0.2, 0.25) is 5.91 Å². The van der Waals surface area contributed by atoms with Gasteiger partial charge in [-0.25, -0.2) is 0 Å². The highest BCUT2D eigenvalue weighted by molar-refractivity contribution is 5.87. The van der Waals surface area contributed by atoms with Crippen molar-refractivity contribution in [1.29, 1.82) is 0 Å². The van der Waals surface area contributed by atoms with Crippen LogP contribution in [0.5, 0.6) is 0 Å². The number of nitrogens with zero attached hydrogens (tertiary/aromatic N) is 1. The Labute approximate surface area is 89.6 Å². The highest BCUT2D eigenvalue weighted by Gasteiger charge is 2.25. The van der Waals surface area contributed by atoms with Gasteiger partial charge in [-0.15, -0.1) is 0 Å². The molecule has 0 saturated carbocycles. The highest BCUT2D eigenvalue weighted by Crippen LogP contribution is 2.17. The van der Waals surface area contributed by atoms with Gasteiger partial charge in [0.05, 0.1) is 19.1 Å². The molecular formula is C11H17NO3. The molecule has 4 heteroatoms. The first-order valence-corrected chi connectivity index (χ1v) is 5.67. The zero-order valence-corrected chi connectivity index (χ0v) is 8.91. The molecular weight excluding hydrogens is 194 g/mol. The first-order chi connectivity index (χ1) is 7.25. The number of ketones is 1. The topological polar surface area (TPSA) is 46.6 Å². The summed E-state index contributed by atoms with van der Waals surface area (Å²) in [4.78, 5) is 24.7. The second-order valence-electron chi connectivity index (χ2n) is 4.30. The Morgan fingerprint density at radius 2 is 2.33 bits per heavy atom. The highest BCUT2D eigenvalue weighted by atomic mass is 16.5. The van der Waals surface area contributed by atoms with Crippen molar-refractivity contribution in [3.05, 3.63) is 0 Å². The summed E-state index contributed by atoms with van der Waals surface area (Å²) >= 11 is 0. The smallest absolute Gasteiger partial charge is 0.225 e. The average molecular weight is 211 g/mol. The zero-order valence-electron chi connectivity index (χ0n) is 8.91. The van der Waals surface area contributed by atoms with E-state index in [9.17, 15) is 9.59 Å². The maximum absolute atomic E-state index is 11.8. The molecule has 0 aromatic carbocycles. The molecule has 4 nitrogen and oxygen atoms in total. The molecule has 0 aromatic heterocycles. The largest absolute Gasteiger partial charge is 0.378 e. The van der Waals surface area contributed by atoms with Crippen LogP contribution in [0.1, 0.15) is 32.1 Å². The van der Waals surface area contributed by atoms with Crippen molar-refractivity contribution in [3.8, 4) is 0 Å². The molecule has 0 aliphatic carbocycles. The number of hydrogen-bond donors (Lipinski definition) is 0. The van der Waals surface area contributed by atoms with E-state index in [-0.39, 0.29) is 17.8 Å². The summed E-state index contributed by atoms with van der Waals surface area (Å²) in [6, 6.07) is 0. The first-order valence-electron chi connectivity index (χ1n) is 5.67. The minimum absolute atomic E-state index is 0.0787. The van der Waals surface area contributed by atoms with Crippen LogP contribution >= 0.6 is 0 Å². The lowest BCUT2D eigenvalue weighted by molar-refractivity contribution is -0.139. The molecule has 2 aliphatic heterocycles. The molecule has 2 heterocycles. The van der Waals surface area contributed by atoms with E-state index in [4.69, 9.17) is 4.74 Å². The fraction of sp³-hybridized carbons (Fsp3) is 0.818. The van der Waals surface area contributed by atoms with Crippen LogP contribution in [-0.4, -0.2) is 42.4 Å². The van der Waals surface area contributed by atoms with E-state index in [1.807, 2.05) is 0 Å². The normalized spacial score (nSPS) is 27.1. The van der Waals surface area contributed by atoms with Gasteiger partial charge in [0.1, 0.15) is 0 Å². The molecule has 1 amide bonds. The molecule has 0 spiro atoms. The quantitative estimate of drug-likeness (QED) is 0.677. The van der Waals surface area contributed by atoms with Gasteiger partial charge >= 0.3 is 0 Å². The molecule has 1 unspecified atom stereocenters. The predicted molar refractivity (Wildman–Crippen MR) is 54.4 cm³/mol. The first kappa shape index (κ1) is 10.6. The summed E-state index contributed by atoms with van der Waals surface area (Å²) in [5, 5.41) is 0. The predicted octanol–water partition coefficient (Wildman–Crippen LogP) is 0.747. The Bertz CT molecular complexity index is 259. The van der Waals surface area contributed by atoms with Crippen LogP contribution < -0.4 is 0 Å². The molecule has 84 valence electrons. The number of amides is 1. The van der Waals surface area contributed by atoms with Crippen molar-refractivity contribution in [2.75, 3.05) is 19.7 Å². The number of Topliss-reactive ketones (excluding diaryl/α,β-unsaturated/α-hetero) is 1. The molecule has 1 atom stereocenters. The van der Waals surface area contributed by atoms with Gasteiger partial charge in [-0.05, 0) is 19.3 Å². The van der Waals surface area contributed by atoms with Crippen molar-refractivity contribution in [2.24, 2.45) is 0 Å². The van der Waals surface area contributed by atoms with Crippen LogP contribution in [0, 0.1) is 0 Å². The number of piperidine rings is 1. The second kappa shape index (κ2) is 4.75. The van der Waals surface area contributed by atoms with Crippen LogP contribution in [0.3, 0.4) is 0 Å². The van der Waals surface area contributed by atoms with Crippen LogP contribution in [-0.2, 0) is 14.3 Å². The summed E-state index contributed by atoms with van der Waals surface area (Å²) < 4.78 is 5.41. The van der Waals surface area contributed by atoms with Gasteiger partial charge in [-0.2, -0.15) is 0 Å². The molecule has 0 bridgehead atoms. The van der Waals surface area contributed by atoms with Crippen LogP contribution in [0.4, 0.5) is 0 Å². The number of carbonyl (C=O) groups is 2. The maximum Gasteiger partial charge on any atom is 0.225 e. The van der Waals surface area contributed by atoms with Crippen molar-refractivity contribution < 1.29 is 14.3 Å². The molecule has 2 fully saturated rings.